The third-order valence-electron chi connectivity index (χ3n) is 5.57. The zero-order valence-electron chi connectivity index (χ0n) is 19.8. The van der Waals surface area contributed by atoms with Crippen LogP contribution in [0.15, 0.2) is 47.4 Å². The molecule has 1 fully saturated rings. The summed E-state index contributed by atoms with van der Waals surface area (Å²) in [6, 6.07) is 10.4. The first-order valence-electron chi connectivity index (χ1n) is 11.3. The second-order valence-electron chi connectivity index (χ2n) is 8.53. The van der Waals surface area contributed by atoms with Gasteiger partial charge in [0.25, 0.3) is 0 Å². The van der Waals surface area contributed by atoms with Gasteiger partial charge in [0.2, 0.25) is 10.0 Å². The second-order valence-corrected chi connectivity index (χ2v) is 10.5. The van der Waals surface area contributed by atoms with Gasteiger partial charge in [0.1, 0.15) is 0 Å². The molecule has 0 aromatic heterocycles. The highest BCUT2D eigenvalue weighted by Gasteiger charge is 2.27. The molecule has 34 heavy (non-hydrogen) atoms. The van der Waals surface area contributed by atoms with Crippen molar-refractivity contribution in [1.82, 2.24) is 4.31 Å². The first kappa shape index (κ1) is 25.7. The number of ketones is 1. The Morgan fingerprint density at radius 1 is 0.971 bits per heavy atom. The first-order valence-corrected chi connectivity index (χ1v) is 12.8. The van der Waals surface area contributed by atoms with Crippen LogP contribution in [-0.4, -0.2) is 57.9 Å². The SMILES string of the molecule is COc1cc(C(=O)OCC(=O)c2ccc(S(=O)(=O)N3CCCC3)cc2)ccc1OCCC(C)C. The average Bonchev–Trinajstić information content (AvgIpc) is 3.38. The largest absolute Gasteiger partial charge is 0.493 e. The van der Waals surface area contributed by atoms with Crippen LogP contribution in [0.4, 0.5) is 0 Å². The monoisotopic (exact) mass is 489 g/mol. The van der Waals surface area contributed by atoms with Crippen molar-refractivity contribution >= 4 is 21.8 Å². The fraction of sp³-hybridized carbons (Fsp3) is 0.440. The van der Waals surface area contributed by atoms with Gasteiger partial charge in [-0.05, 0) is 67.6 Å². The molecule has 1 saturated heterocycles. The molecule has 0 spiro atoms. The van der Waals surface area contributed by atoms with E-state index in [4.69, 9.17) is 14.2 Å². The summed E-state index contributed by atoms with van der Waals surface area (Å²) in [6.45, 7) is 5.29. The molecule has 9 heteroatoms. The van der Waals surface area contributed by atoms with Crippen LogP contribution in [0.5, 0.6) is 11.5 Å². The van der Waals surface area contributed by atoms with Crippen molar-refractivity contribution in [2.45, 2.75) is 38.0 Å². The maximum atomic E-state index is 12.6. The Morgan fingerprint density at radius 3 is 2.24 bits per heavy atom. The Kier molecular flexibility index (Phi) is 8.68. The molecule has 1 aliphatic rings. The summed E-state index contributed by atoms with van der Waals surface area (Å²) < 4.78 is 42.8. The Morgan fingerprint density at radius 2 is 1.62 bits per heavy atom. The maximum absolute atomic E-state index is 12.6. The third-order valence-corrected chi connectivity index (χ3v) is 7.48. The molecule has 0 atom stereocenters. The van der Waals surface area contributed by atoms with Crippen LogP contribution < -0.4 is 9.47 Å². The minimum Gasteiger partial charge on any atom is -0.493 e. The summed E-state index contributed by atoms with van der Waals surface area (Å²) in [5.41, 5.74) is 0.493. The van der Waals surface area contributed by atoms with Gasteiger partial charge in [-0.2, -0.15) is 4.31 Å². The summed E-state index contributed by atoms with van der Waals surface area (Å²) in [4.78, 5) is 25.1. The average molecular weight is 490 g/mol. The molecule has 2 aromatic carbocycles. The lowest BCUT2D eigenvalue weighted by molar-refractivity contribution is 0.0474. The van der Waals surface area contributed by atoms with Gasteiger partial charge in [-0.1, -0.05) is 13.8 Å². The van der Waals surface area contributed by atoms with Gasteiger partial charge in [-0.15, -0.1) is 0 Å². The van der Waals surface area contributed by atoms with Gasteiger partial charge < -0.3 is 14.2 Å². The van der Waals surface area contributed by atoms with Crippen LogP contribution in [-0.2, 0) is 14.8 Å². The van der Waals surface area contributed by atoms with Crippen molar-refractivity contribution in [3.05, 3.63) is 53.6 Å². The molecule has 184 valence electrons. The van der Waals surface area contributed by atoms with Crippen LogP contribution in [0.2, 0.25) is 0 Å². The predicted octanol–water partition coefficient (Wildman–Crippen LogP) is 3.94. The number of esters is 1. The number of carbonyl (C=O) groups is 2. The predicted molar refractivity (Wildman–Crippen MR) is 127 cm³/mol. The minimum absolute atomic E-state index is 0.144. The lowest BCUT2D eigenvalue weighted by atomic mass is 10.1. The van der Waals surface area contributed by atoms with Gasteiger partial charge in [-0.3, -0.25) is 4.79 Å². The van der Waals surface area contributed by atoms with Crippen LogP contribution in [0.1, 0.15) is 53.8 Å². The van der Waals surface area contributed by atoms with Crippen molar-refractivity contribution in [3.8, 4) is 11.5 Å². The molecule has 1 heterocycles. The quantitative estimate of drug-likeness (QED) is 0.348. The number of rotatable bonds is 11. The number of hydrogen-bond donors (Lipinski definition) is 0. The smallest absolute Gasteiger partial charge is 0.338 e. The number of benzene rings is 2. The second kappa shape index (κ2) is 11.5. The molecule has 0 saturated carbocycles. The molecular formula is C25H31NO7S. The van der Waals surface area contributed by atoms with Crippen LogP contribution in [0.3, 0.4) is 0 Å². The Bertz CT molecular complexity index is 1100. The van der Waals surface area contributed by atoms with Gasteiger partial charge >= 0.3 is 5.97 Å². The molecule has 3 rings (SSSR count). The fourth-order valence-corrected chi connectivity index (χ4v) is 5.02. The number of sulfonamides is 1. The summed E-state index contributed by atoms with van der Waals surface area (Å²) in [7, 11) is -2.07. The van der Waals surface area contributed by atoms with E-state index in [1.54, 1.807) is 12.1 Å². The minimum atomic E-state index is -3.55. The van der Waals surface area contributed by atoms with Crippen molar-refractivity contribution in [3.63, 3.8) is 0 Å². The normalized spacial score (nSPS) is 14.2. The van der Waals surface area contributed by atoms with Crippen LogP contribution >= 0.6 is 0 Å². The number of methoxy groups -OCH3 is 1. The lowest BCUT2D eigenvalue weighted by Gasteiger charge is -2.15. The van der Waals surface area contributed by atoms with Crippen LogP contribution in [0.25, 0.3) is 0 Å². The van der Waals surface area contributed by atoms with Gasteiger partial charge in [0.15, 0.2) is 23.9 Å². The van der Waals surface area contributed by atoms with E-state index < -0.39 is 28.4 Å². The molecule has 1 aliphatic heterocycles. The number of carbonyl (C=O) groups excluding carboxylic acids is 2. The zero-order valence-corrected chi connectivity index (χ0v) is 20.6. The lowest BCUT2D eigenvalue weighted by Crippen LogP contribution is -2.27. The standard InChI is InChI=1S/C25H31NO7S/c1-18(2)12-15-32-23-11-8-20(16-24(23)31-3)25(28)33-17-22(27)19-6-9-21(10-7-19)34(29,30)26-13-4-5-14-26/h6-11,16,18H,4-5,12-15,17H2,1-3H3. The van der Waals surface area contributed by atoms with Gasteiger partial charge in [0.05, 0.1) is 24.2 Å². The maximum Gasteiger partial charge on any atom is 0.338 e. The van der Waals surface area contributed by atoms with Crippen LogP contribution in [0, 0.1) is 5.92 Å². The van der Waals surface area contributed by atoms with E-state index in [-0.39, 0.29) is 16.0 Å². The van der Waals surface area contributed by atoms with E-state index in [0.29, 0.717) is 37.1 Å². The molecule has 8 nitrogen and oxygen atoms in total. The van der Waals surface area contributed by atoms with Crippen molar-refractivity contribution in [2.24, 2.45) is 5.92 Å². The van der Waals surface area contributed by atoms with Gasteiger partial charge in [-0.25, -0.2) is 13.2 Å². The van der Waals surface area contributed by atoms with Gasteiger partial charge in [0, 0.05) is 18.7 Å². The Labute approximate surface area is 200 Å². The summed E-state index contributed by atoms with van der Waals surface area (Å²) in [5.74, 6) is 0.329. The Balaban J connectivity index is 1.58. The van der Waals surface area contributed by atoms with Crippen molar-refractivity contribution in [1.29, 1.82) is 0 Å². The highest BCUT2D eigenvalue weighted by molar-refractivity contribution is 7.89. The van der Waals surface area contributed by atoms with E-state index in [0.717, 1.165) is 19.3 Å². The molecule has 0 N–H and O–H groups in total. The summed E-state index contributed by atoms with van der Waals surface area (Å²) >= 11 is 0. The van der Waals surface area contributed by atoms with Crippen molar-refractivity contribution < 1.29 is 32.2 Å². The van der Waals surface area contributed by atoms with E-state index in [1.165, 1.54) is 41.7 Å². The van der Waals surface area contributed by atoms with E-state index in [2.05, 4.69) is 13.8 Å². The molecule has 0 radical (unpaired) electrons. The highest BCUT2D eigenvalue weighted by atomic mass is 32.2. The topological polar surface area (TPSA) is 99.2 Å². The van der Waals surface area contributed by atoms with E-state index >= 15 is 0 Å². The highest BCUT2D eigenvalue weighted by Crippen LogP contribution is 2.29. The zero-order chi connectivity index (χ0) is 24.7. The first-order chi connectivity index (χ1) is 16.2. The number of hydrogen-bond acceptors (Lipinski definition) is 7. The number of Topliss-reactive ketones (excluding diaryl/α,β-unsaturated/α-hetero) is 1. The Hall–Kier alpha value is -2.91. The summed E-state index contributed by atoms with van der Waals surface area (Å²) in [5, 5.41) is 0. The number of ether oxygens (including phenoxy) is 3. The summed E-state index contributed by atoms with van der Waals surface area (Å²) in [6.07, 6.45) is 2.59. The molecule has 0 amide bonds. The van der Waals surface area contributed by atoms with E-state index in [9.17, 15) is 18.0 Å². The van der Waals surface area contributed by atoms with E-state index in [1.807, 2.05) is 0 Å². The molecule has 0 bridgehead atoms. The van der Waals surface area contributed by atoms with Crippen molar-refractivity contribution in [2.75, 3.05) is 33.4 Å². The molecule has 0 unspecified atom stereocenters. The number of nitrogens with zero attached hydrogens (tertiary/aromatic N) is 1. The molecular weight excluding hydrogens is 458 g/mol. The fourth-order valence-electron chi connectivity index (χ4n) is 3.51. The molecule has 0 aliphatic carbocycles. The third kappa shape index (κ3) is 6.36. The molecule has 2 aromatic rings.